The monoisotopic (exact) mass is 263 g/mol. The van der Waals surface area contributed by atoms with Gasteiger partial charge in [0.1, 0.15) is 5.82 Å². The smallest absolute Gasteiger partial charge is 0.403 e. The minimum absolute atomic E-state index is 0.192. The summed E-state index contributed by atoms with van der Waals surface area (Å²) in [5.41, 5.74) is 0.0955. The Hall–Kier alpha value is -0.935. The highest BCUT2D eigenvalue weighted by molar-refractivity contribution is 6.49. The zero-order chi connectivity index (χ0) is 13.8. The largest absolute Gasteiger partial charge is 0.461 e. The van der Waals surface area contributed by atoms with Gasteiger partial charge in [-0.3, -0.25) is 4.98 Å². The first-order chi connectivity index (χ1) is 8.82. The fourth-order valence-electron chi connectivity index (χ4n) is 2.62. The Labute approximate surface area is 113 Å². The van der Waals surface area contributed by atoms with Gasteiger partial charge >= 0.3 is 7.12 Å². The Kier molecular flexibility index (Phi) is 2.77. The van der Waals surface area contributed by atoms with E-state index in [9.17, 15) is 4.39 Å². The average Bonchev–Trinajstić information content (AvgIpc) is 3.03. The molecule has 2 unspecified atom stereocenters. The molecule has 0 N–H and O–H groups in total. The lowest BCUT2D eigenvalue weighted by atomic mass is 9.79. The predicted octanol–water partition coefficient (Wildman–Crippen LogP) is 3.17. The van der Waals surface area contributed by atoms with Crippen molar-refractivity contribution in [3.8, 4) is 0 Å². The van der Waals surface area contributed by atoms with Crippen molar-refractivity contribution in [1.82, 2.24) is 4.98 Å². The lowest BCUT2D eigenvalue weighted by Crippen LogP contribution is -2.41. The van der Waals surface area contributed by atoms with E-state index in [0.29, 0.717) is 0 Å². The van der Waals surface area contributed by atoms with Gasteiger partial charge in [-0.15, -0.1) is 0 Å². The van der Waals surface area contributed by atoms with E-state index in [-0.39, 0.29) is 35.9 Å². The van der Waals surface area contributed by atoms with Crippen LogP contribution in [0.2, 0.25) is 5.82 Å². The molecule has 2 fully saturated rings. The molecule has 0 aromatic carbocycles. The molecule has 0 spiro atoms. The highest BCUT2D eigenvalue weighted by Crippen LogP contribution is 2.58. The van der Waals surface area contributed by atoms with Crippen LogP contribution < -0.4 is 0 Å². The molecule has 1 aromatic heterocycles. The molecule has 102 valence electrons. The van der Waals surface area contributed by atoms with Crippen molar-refractivity contribution in [2.75, 3.05) is 0 Å². The Balaban J connectivity index is 1.74. The van der Waals surface area contributed by atoms with Crippen molar-refractivity contribution in [2.24, 2.45) is 0 Å². The van der Waals surface area contributed by atoms with Crippen LogP contribution in [0, 0.1) is 5.82 Å². The molecule has 2 atom stereocenters. The molecular formula is C14H19BFNO2. The maximum absolute atomic E-state index is 13.7. The second-order valence-electron chi connectivity index (χ2n) is 6.53. The van der Waals surface area contributed by atoms with E-state index in [0.717, 1.165) is 12.0 Å². The van der Waals surface area contributed by atoms with E-state index in [1.165, 1.54) is 6.20 Å². The van der Waals surface area contributed by atoms with Crippen molar-refractivity contribution in [1.29, 1.82) is 0 Å². The van der Waals surface area contributed by atoms with Gasteiger partial charge in [-0.1, -0.05) is 0 Å². The molecule has 1 saturated heterocycles. The van der Waals surface area contributed by atoms with Gasteiger partial charge in [0.2, 0.25) is 0 Å². The molecule has 0 amide bonds. The topological polar surface area (TPSA) is 31.4 Å². The van der Waals surface area contributed by atoms with Crippen molar-refractivity contribution >= 4 is 7.12 Å². The highest BCUT2D eigenvalue weighted by atomic mass is 19.1. The molecule has 2 aliphatic rings. The number of pyridine rings is 1. The summed E-state index contributed by atoms with van der Waals surface area (Å²) in [4.78, 5) is 3.79. The predicted molar refractivity (Wildman–Crippen MR) is 71.4 cm³/mol. The molecular weight excluding hydrogens is 244 g/mol. The van der Waals surface area contributed by atoms with Crippen LogP contribution >= 0.6 is 0 Å². The summed E-state index contributed by atoms with van der Waals surface area (Å²) in [7, 11) is -0.234. The fraction of sp³-hybridized carbons (Fsp3) is 0.643. The molecule has 19 heavy (non-hydrogen) atoms. The second-order valence-corrected chi connectivity index (χ2v) is 6.53. The van der Waals surface area contributed by atoms with Gasteiger partial charge in [-0.2, -0.15) is 0 Å². The van der Waals surface area contributed by atoms with Crippen LogP contribution in [0.5, 0.6) is 0 Å². The summed E-state index contributed by atoms with van der Waals surface area (Å²) in [6, 6.07) is 1.76. The third-order valence-electron chi connectivity index (χ3n) is 4.66. The zero-order valence-electron chi connectivity index (χ0n) is 11.8. The molecule has 3 nitrogen and oxygen atoms in total. The average molecular weight is 263 g/mol. The minimum Gasteiger partial charge on any atom is -0.403 e. The maximum atomic E-state index is 13.7. The summed E-state index contributed by atoms with van der Waals surface area (Å²) in [5, 5.41) is 0. The second kappa shape index (κ2) is 4.03. The Morgan fingerprint density at radius 2 is 1.89 bits per heavy atom. The lowest BCUT2D eigenvalue weighted by Gasteiger charge is -2.32. The highest BCUT2D eigenvalue weighted by Gasteiger charge is 2.60. The molecule has 1 saturated carbocycles. The number of nitrogens with zero attached hydrogens (tertiary/aromatic N) is 1. The van der Waals surface area contributed by atoms with Gasteiger partial charge < -0.3 is 9.31 Å². The Morgan fingerprint density at radius 1 is 1.26 bits per heavy atom. The normalized spacial score (nSPS) is 31.5. The third-order valence-corrected chi connectivity index (χ3v) is 4.66. The number of hydrogen-bond acceptors (Lipinski definition) is 3. The summed E-state index contributed by atoms with van der Waals surface area (Å²) in [6.45, 7) is 8.16. The number of halogens is 1. The standard InChI is InChI=1S/C14H19BFNO2/c1-13(2)14(3,4)19-15(18-13)11-7-10(11)9-5-6-17-8-12(9)16/h5-6,8,10-11H,7H2,1-4H3. The van der Waals surface area contributed by atoms with Crippen LogP contribution in [-0.2, 0) is 9.31 Å². The Bertz CT molecular complexity index is 490. The first-order valence-electron chi connectivity index (χ1n) is 6.77. The molecule has 5 heteroatoms. The SMILES string of the molecule is CC1(C)OB(C2CC2c2ccncc2F)OC1(C)C. The summed E-state index contributed by atoms with van der Waals surface area (Å²) < 4.78 is 25.7. The molecule has 1 aliphatic carbocycles. The van der Waals surface area contributed by atoms with Crippen LogP contribution in [0.4, 0.5) is 4.39 Å². The molecule has 1 aromatic rings. The van der Waals surface area contributed by atoms with Gasteiger partial charge in [-0.05, 0) is 51.7 Å². The van der Waals surface area contributed by atoms with Gasteiger partial charge in [0, 0.05) is 12.0 Å². The molecule has 0 bridgehead atoms. The van der Waals surface area contributed by atoms with Crippen molar-refractivity contribution < 1.29 is 13.7 Å². The van der Waals surface area contributed by atoms with Crippen molar-refractivity contribution in [3.63, 3.8) is 0 Å². The van der Waals surface area contributed by atoms with Gasteiger partial charge in [0.15, 0.2) is 0 Å². The van der Waals surface area contributed by atoms with Crippen LogP contribution in [0.1, 0.15) is 45.6 Å². The van der Waals surface area contributed by atoms with E-state index >= 15 is 0 Å². The van der Waals surface area contributed by atoms with E-state index < -0.39 is 0 Å². The lowest BCUT2D eigenvalue weighted by molar-refractivity contribution is 0.00578. The minimum atomic E-state index is -0.318. The van der Waals surface area contributed by atoms with Gasteiger partial charge in [0.05, 0.1) is 17.4 Å². The van der Waals surface area contributed by atoms with Gasteiger partial charge in [0.25, 0.3) is 0 Å². The van der Waals surface area contributed by atoms with E-state index in [1.807, 2.05) is 27.7 Å². The number of rotatable bonds is 2. The van der Waals surface area contributed by atoms with Crippen LogP contribution in [0.3, 0.4) is 0 Å². The number of aromatic nitrogens is 1. The maximum Gasteiger partial charge on any atom is 0.461 e. The van der Waals surface area contributed by atoms with Crippen molar-refractivity contribution in [2.45, 2.75) is 57.1 Å². The zero-order valence-corrected chi connectivity index (χ0v) is 11.8. The third kappa shape index (κ3) is 2.09. The first-order valence-corrected chi connectivity index (χ1v) is 6.77. The molecule has 2 heterocycles. The van der Waals surface area contributed by atoms with Crippen LogP contribution in [0.25, 0.3) is 0 Å². The summed E-state index contributed by atoms with van der Waals surface area (Å²) in [6.07, 6.45) is 3.82. The molecule has 0 radical (unpaired) electrons. The van der Waals surface area contributed by atoms with Crippen LogP contribution in [0.15, 0.2) is 18.5 Å². The van der Waals surface area contributed by atoms with Gasteiger partial charge in [-0.25, -0.2) is 4.39 Å². The van der Waals surface area contributed by atoms with E-state index in [1.54, 1.807) is 12.3 Å². The molecule has 3 rings (SSSR count). The van der Waals surface area contributed by atoms with E-state index in [4.69, 9.17) is 9.31 Å². The number of hydrogen-bond donors (Lipinski definition) is 0. The fourth-order valence-corrected chi connectivity index (χ4v) is 2.62. The Morgan fingerprint density at radius 3 is 2.47 bits per heavy atom. The molecule has 1 aliphatic heterocycles. The summed E-state index contributed by atoms with van der Waals surface area (Å²) in [5.74, 6) is 0.210. The summed E-state index contributed by atoms with van der Waals surface area (Å²) >= 11 is 0. The van der Waals surface area contributed by atoms with Crippen molar-refractivity contribution in [3.05, 3.63) is 29.8 Å². The van der Waals surface area contributed by atoms with E-state index in [2.05, 4.69) is 4.98 Å². The first kappa shape index (κ1) is 13.1. The quantitative estimate of drug-likeness (QED) is 0.768. The van der Waals surface area contributed by atoms with Crippen LogP contribution in [-0.4, -0.2) is 23.3 Å².